The highest BCUT2D eigenvalue weighted by Gasteiger charge is 2.09. The lowest BCUT2D eigenvalue weighted by molar-refractivity contribution is -0.425. The summed E-state index contributed by atoms with van der Waals surface area (Å²) in [6.07, 6.45) is 1.66. The number of methoxy groups -OCH3 is 1. The van der Waals surface area contributed by atoms with Crippen molar-refractivity contribution in [1.29, 1.82) is 0 Å². The summed E-state index contributed by atoms with van der Waals surface area (Å²) in [6, 6.07) is 4.63. The average Bonchev–Trinajstić information content (AvgIpc) is 2.26. The van der Waals surface area contributed by atoms with Crippen molar-refractivity contribution in [3.63, 3.8) is 0 Å². The number of benzene rings is 1. The van der Waals surface area contributed by atoms with Crippen molar-refractivity contribution in [3.05, 3.63) is 39.6 Å². The molecule has 0 saturated heterocycles. The third kappa shape index (κ3) is 2.73. The van der Waals surface area contributed by atoms with Crippen molar-refractivity contribution < 1.29 is 14.8 Å². The van der Waals surface area contributed by atoms with Crippen LogP contribution in [0.25, 0.3) is 6.08 Å². The smallest absolute Gasteiger partial charge is 0.246 e. The molecule has 1 aromatic rings. The fraction of sp³-hybridized carbons (Fsp3) is 0.273. The molecule has 0 unspecified atom stereocenters. The molecule has 0 aliphatic rings. The number of phenolic OH excluding ortho intramolecular Hbond substituents is 1. The fourth-order valence-electron chi connectivity index (χ4n) is 1.24. The zero-order chi connectivity index (χ0) is 12.1. The first-order valence-corrected chi connectivity index (χ1v) is 4.80. The Morgan fingerprint density at radius 1 is 1.62 bits per heavy atom. The maximum absolute atomic E-state index is 10.6. The molecular weight excluding hydrogens is 210 g/mol. The lowest BCUT2D eigenvalue weighted by Gasteiger charge is -2.03. The van der Waals surface area contributed by atoms with Gasteiger partial charge >= 0.3 is 0 Å². The minimum Gasteiger partial charge on any atom is -0.507 e. The Hall–Kier alpha value is -2.04. The van der Waals surface area contributed by atoms with Gasteiger partial charge in [0.1, 0.15) is 11.5 Å². The third-order valence-corrected chi connectivity index (χ3v) is 2.16. The van der Waals surface area contributed by atoms with E-state index in [9.17, 15) is 15.2 Å². The Labute approximate surface area is 93.1 Å². The van der Waals surface area contributed by atoms with Crippen LogP contribution in [0.3, 0.4) is 0 Å². The van der Waals surface area contributed by atoms with Gasteiger partial charge in [0.05, 0.1) is 12.0 Å². The summed E-state index contributed by atoms with van der Waals surface area (Å²) in [5.74, 6) is 0.473. The highest BCUT2D eigenvalue weighted by molar-refractivity contribution is 5.59. The molecule has 0 bridgehead atoms. The van der Waals surface area contributed by atoms with Crippen LogP contribution in [-0.2, 0) is 0 Å². The van der Waals surface area contributed by atoms with Gasteiger partial charge in [0.2, 0.25) is 5.70 Å². The van der Waals surface area contributed by atoms with E-state index in [1.165, 1.54) is 19.3 Å². The van der Waals surface area contributed by atoms with Gasteiger partial charge < -0.3 is 9.84 Å². The molecule has 0 aliphatic carbocycles. The molecule has 0 fully saturated rings. The van der Waals surface area contributed by atoms with E-state index in [2.05, 4.69) is 0 Å². The zero-order valence-corrected chi connectivity index (χ0v) is 9.14. The second kappa shape index (κ2) is 5.16. The molecule has 0 heterocycles. The monoisotopic (exact) mass is 223 g/mol. The van der Waals surface area contributed by atoms with Gasteiger partial charge in [-0.3, -0.25) is 10.1 Å². The molecule has 0 saturated carbocycles. The molecule has 0 amide bonds. The molecule has 16 heavy (non-hydrogen) atoms. The molecule has 0 aliphatic heterocycles. The van der Waals surface area contributed by atoms with Gasteiger partial charge in [0.25, 0.3) is 0 Å². The molecule has 1 aromatic carbocycles. The highest BCUT2D eigenvalue weighted by Crippen LogP contribution is 2.25. The summed E-state index contributed by atoms with van der Waals surface area (Å²) in [4.78, 5) is 10.1. The van der Waals surface area contributed by atoms with Crippen LogP contribution in [0.1, 0.15) is 18.9 Å². The third-order valence-electron chi connectivity index (χ3n) is 2.16. The van der Waals surface area contributed by atoms with Crippen molar-refractivity contribution in [2.45, 2.75) is 13.3 Å². The number of hydrogen-bond donors (Lipinski definition) is 1. The van der Waals surface area contributed by atoms with Crippen LogP contribution in [0.5, 0.6) is 11.5 Å². The van der Waals surface area contributed by atoms with Crippen LogP contribution in [0, 0.1) is 10.1 Å². The van der Waals surface area contributed by atoms with E-state index in [0.29, 0.717) is 17.7 Å². The van der Waals surface area contributed by atoms with E-state index in [1.807, 2.05) is 0 Å². The minimum atomic E-state index is -0.455. The van der Waals surface area contributed by atoms with Crippen LogP contribution in [-0.4, -0.2) is 17.1 Å². The van der Waals surface area contributed by atoms with E-state index in [1.54, 1.807) is 19.1 Å². The number of ether oxygens (including phenoxy) is 1. The van der Waals surface area contributed by atoms with Gasteiger partial charge in [-0.2, -0.15) is 0 Å². The number of nitrogens with zero attached hydrogens (tertiary/aromatic N) is 1. The summed E-state index contributed by atoms with van der Waals surface area (Å²) in [6.45, 7) is 1.69. The van der Waals surface area contributed by atoms with Crippen LogP contribution in [0.15, 0.2) is 23.9 Å². The summed E-state index contributed by atoms with van der Waals surface area (Å²) in [5, 5.41) is 20.2. The summed E-state index contributed by atoms with van der Waals surface area (Å²) in [7, 11) is 1.48. The number of allylic oxidation sites excluding steroid dienone is 1. The number of hydrogen-bond acceptors (Lipinski definition) is 4. The predicted octanol–water partition coefficient (Wildman–Crippen LogP) is 2.43. The first-order chi connectivity index (χ1) is 7.58. The normalized spacial score (nSPS) is 11.2. The lowest BCUT2D eigenvalue weighted by Crippen LogP contribution is -1.96. The van der Waals surface area contributed by atoms with E-state index < -0.39 is 4.92 Å². The van der Waals surface area contributed by atoms with Gasteiger partial charge in [-0.05, 0) is 12.1 Å². The highest BCUT2D eigenvalue weighted by atomic mass is 16.6. The SMILES string of the molecule is CC/C(=C\c1ccc(OC)cc1O)[N+](=O)[O-]. The molecule has 0 radical (unpaired) electrons. The Kier molecular flexibility index (Phi) is 3.88. The molecule has 5 nitrogen and oxygen atoms in total. The first-order valence-electron chi connectivity index (χ1n) is 4.80. The molecular formula is C11H13NO4. The second-order valence-electron chi connectivity index (χ2n) is 3.17. The predicted molar refractivity (Wildman–Crippen MR) is 59.9 cm³/mol. The number of phenols is 1. The zero-order valence-electron chi connectivity index (χ0n) is 9.14. The van der Waals surface area contributed by atoms with Crippen molar-refractivity contribution in [2.24, 2.45) is 0 Å². The first kappa shape index (κ1) is 12.0. The Balaban J connectivity index is 3.10. The van der Waals surface area contributed by atoms with E-state index in [0.717, 1.165) is 0 Å². The molecule has 0 spiro atoms. The lowest BCUT2D eigenvalue weighted by atomic mass is 10.1. The van der Waals surface area contributed by atoms with Crippen LogP contribution >= 0.6 is 0 Å². The van der Waals surface area contributed by atoms with Crippen LogP contribution < -0.4 is 4.74 Å². The van der Waals surface area contributed by atoms with Crippen molar-refractivity contribution in [3.8, 4) is 11.5 Å². The molecule has 86 valence electrons. The summed E-state index contributed by atoms with van der Waals surface area (Å²) in [5.41, 5.74) is 0.467. The topological polar surface area (TPSA) is 72.6 Å². The Morgan fingerprint density at radius 2 is 2.31 bits per heavy atom. The summed E-state index contributed by atoms with van der Waals surface area (Å²) >= 11 is 0. The Morgan fingerprint density at radius 3 is 2.75 bits per heavy atom. The molecule has 5 heteroatoms. The fourth-order valence-corrected chi connectivity index (χ4v) is 1.24. The molecule has 0 atom stereocenters. The van der Waals surface area contributed by atoms with Crippen LogP contribution in [0.4, 0.5) is 0 Å². The van der Waals surface area contributed by atoms with Gasteiger partial charge in [0.15, 0.2) is 0 Å². The van der Waals surface area contributed by atoms with E-state index in [-0.39, 0.29) is 11.4 Å². The standard InChI is InChI=1S/C11H13NO4/c1-3-9(12(14)15)6-8-4-5-10(16-2)7-11(8)13/h4-7,13H,3H2,1-2H3/b9-6+. The molecule has 1 rings (SSSR count). The van der Waals surface area contributed by atoms with Crippen LogP contribution in [0.2, 0.25) is 0 Å². The largest absolute Gasteiger partial charge is 0.507 e. The number of nitro groups is 1. The van der Waals surface area contributed by atoms with Gasteiger partial charge in [-0.1, -0.05) is 6.92 Å². The quantitative estimate of drug-likeness (QED) is 0.628. The number of aromatic hydroxyl groups is 1. The van der Waals surface area contributed by atoms with E-state index >= 15 is 0 Å². The number of rotatable bonds is 4. The maximum atomic E-state index is 10.6. The van der Waals surface area contributed by atoms with Crippen molar-refractivity contribution in [1.82, 2.24) is 0 Å². The van der Waals surface area contributed by atoms with Gasteiger partial charge in [-0.25, -0.2) is 0 Å². The Bertz CT molecular complexity index is 426. The van der Waals surface area contributed by atoms with Crippen molar-refractivity contribution in [2.75, 3.05) is 7.11 Å². The average molecular weight is 223 g/mol. The summed E-state index contributed by atoms with van der Waals surface area (Å²) < 4.78 is 4.91. The maximum Gasteiger partial charge on any atom is 0.246 e. The second-order valence-corrected chi connectivity index (χ2v) is 3.17. The van der Waals surface area contributed by atoms with Gasteiger partial charge in [0, 0.05) is 24.1 Å². The van der Waals surface area contributed by atoms with Crippen molar-refractivity contribution >= 4 is 6.08 Å². The molecule has 1 N–H and O–H groups in total. The van der Waals surface area contributed by atoms with E-state index in [4.69, 9.17) is 4.74 Å². The molecule has 0 aromatic heterocycles. The minimum absolute atomic E-state index is 0.0350. The van der Waals surface area contributed by atoms with Gasteiger partial charge in [-0.15, -0.1) is 0 Å².